The monoisotopic (exact) mass is 276 g/mol. The van der Waals surface area contributed by atoms with Gasteiger partial charge in [0.25, 0.3) is 5.91 Å². The van der Waals surface area contributed by atoms with Crippen LogP contribution in [0.15, 0.2) is 18.2 Å². The molecule has 0 radical (unpaired) electrons. The first-order valence-electron chi connectivity index (χ1n) is 6.83. The Labute approximate surface area is 118 Å². The molecule has 0 unspecified atom stereocenters. The van der Waals surface area contributed by atoms with Crippen LogP contribution in [0, 0.1) is 6.92 Å². The van der Waals surface area contributed by atoms with Crippen LogP contribution in [-0.2, 0) is 4.79 Å². The van der Waals surface area contributed by atoms with Crippen molar-refractivity contribution in [2.75, 3.05) is 13.1 Å². The van der Waals surface area contributed by atoms with E-state index in [9.17, 15) is 14.7 Å². The van der Waals surface area contributed by atoms with Gasteiger partial charge in [0.2, 0.25) is 5.91 Å². The van der Waals surface area contributed by atoms with Crippen molar-refractivity contribution >= 4 is 11.8 Å². The van der Waals surface area contributed by atoms with E-state index >= 15 is 0 Å². The number of rotatable bonds is 2. The lowest BCUT2D eigenvalue weighted by Gasteiger charge is -2.32. The maximum absolute atomic E-state index is 12.3. The van der Waals surface area contributed by atoms with Gasteiger partial charge < -0.3 is 15.3 Å². The number of aromatic hydroxyl groups is 1. The highest BCUT2D eigenvalue weighted by Crippen LogP contribution is 2.22. The summed E-state index contributed by atoms with van der Waals surface area (Å²) in [6.45, 7) is 4.56. The van der Waals surface area contributed by atoms with E-state index in [-0.39, 0.29) is 23.6 Å². The summed E-state index contributed by atoms with van der Waals surface area (Å²) in [6.07, 6.45) is 1.50. The van der Waals surface area contributed by atoms with E-state index in [4.69, 9.17) is 0 Å². The summed E-state index contributed by atoms with van der Waals surface area (Å²) in [5.74, 6) is -0.159. The molecule has 0 aromatic heterocycles. The Hall–Kier alpha value is -2.04. The summed E-state index contributed by atoms with van der Waals surface area (Å²) in [5.41, 5.74) is 1.26. The van der Waals surface area contributed by atoms with Crippen LogP contribution in [0.25, 0.3) is 0 Å². The van der Waals surface area contributed by atoms with Gasteiger partial charge in [0.15, 0.2) is 0 Å². The van der Waals surface area contributed by atoms with Crippen LogP contribution in [0.1, 0.15) is 35.7 Å². The highest BCUT2D eigenvalue weighted by molar-refractivity contribution is 5.97. The van der Waals surface area contributed by atoms with Crippen molar-refractivity contribution in [2.45, 2.75) is 32.7 Å². The minimum absolute atomic E-state index is 0.0268. The molecule has 1 aliphatic rings. The highest BCUT2D eigenvalue weighted by Gasteiger charge is 2.25. The van der Waals surface area contributed by atoms with Crippen LogP contribution >= 0.6 is 0 Å². The van der Waals surface area contributed by atoms with E-state index in [1.54, 1.807) is 17.0 Å². The Morgan fingerprint density at radius 1 is 1.30 bits per heavy atom. The number of aryl methyl sites for hydroxylation is 1. The van der Waals surface area contributed by atoms with Crippen LogP contribution < -0.4 is 5.32 Å². The Kier molecular flexibility index (Phi) is 4.27. The maximum Gasteiger partial charge on any atom is 0.257 e. The van der Waals surface area contributed by atoms with Crippen LogP contribution in [0.3, 0.4) is 0 Å². The van der Waals surface area contributed by atoms with Gasteiger partial charge in [-0.25, -0.2) is 0 Å². The van der Waals surface area contributed by atoms with Gasteiger partial charge >= 0.3 is 0 Å². The molecule has 1 aromatic rings. The molecule has 108 valence electrons. The SMILES string of the molecule is CC(=O)NC1CCN(C(=O)c2ccc(C)cc2O)CC1. The molecule has 2 N–H and O–H groups in total. The Bertz CT molecular complexity index is 520. The molecular formula is C15H20N2O3. The molecule has 2 amide bonds. The molecule has 1 saturated heterocycles. The zero-order valence-corrected chi connectivity index (χ0v) is 11.8. The number of nitrogens with one attached hydrogen (secondary N) is 1. The first kappa shape index (κ1) is 14.4. The third-order valence-electron chi connectivity index (χ3n) is 3.57. The second-order valence-electron chi connectivity index (χ2n) is 5.29. The lowest BCUT2D eigenvalue weighted by molar-refractivity contribution is -0.119. The quantitative estimate of drug-likeness (QED) is 0.858. The normalized spacial score (nSPS) is 16.0. The van der Waals surface area contributed by atoms with Crippen LogP contribution in [0.5, 0.6) is 5.75 Å². The number of phenolic OH excluding ortho intramolecular Hbond substituents is 1. The predicted molar refractivity (Wildman–Crippen MR) is 75.6 cm³/mol. The van der Waals surface area contributed by atoms with E-state index in [1.165, 1.54) is 6.92 Å². The number of likely N-dealkylation sites (tertiary alicyclic amines) is 1. The lowest BCUT2D eigenvalue weighted by Crippen LogP contribution is -2.46. The molecule has 0 bridgehead atoms. The fourth-order valence-corrected chi connectivity index (χ4v) is 2.51. The van der Waals surface area contributed by atoms with Gasteiger partial charge in [-0.3, -0.25) is 9.59 Å². The number of piperidine rings is 1. The van der Waals surface area contributed by atoms with Crippen molar-refractivity contribution in [2.24, 2.45) is 0 Å². The summed E-state index contributed by atoms with van der Waals surface area (Å²) in [6, 6.07) is 5.21. The van der Waals surface area contributed by atoms with E-state index in [1.807, 2.05) is 13.0 Å². The molecule has 1 heterocycles. The number of nitrogens with zero attached hydrogens (tertiary/aromatic N) is 1. The molecule has 0 aliphatic carbocycles. The Balaban J connectivity index is 1.99. The molecule has 20 heavy (non-hydrogen) atoms. The minimum Gasteiger partial charge on any atom is -0.507 e. The van der Waals surface area contributed by atoms with Gasteiger partial charge in [-0.2, -0.15) is 0 Å². The molecule has 0 saturated carbocycles. The van der Waals surface area contributed by atoms with Gasteiger partial charge in [-0.15, -0.1) is 0 Å². The molecule has 5 nitrogen and oxygen atoms in total. The van der Waals surface area contributed by atoms with E-state index in [0.717, 1.165) is 18.4 Å². The zero-order valence-electron chi connectivity index (χ0n) is 11.8. The number of carbonyl (C=O) groups is 2. The largest absolute Gasteiger partial charge is 0.507 e. The third kappa shape index (κ3) is 3.29. The van der Waals surface area contributed by atoms with Crippen LogP contribution in [0.4, 0.5) is 0 Å². The molecule has 2 rings (SSSR count). The van der Waals surface area contributed by atoms with Crippen molar-refractivity contribution in [3.63, 3.8) is 0 Å². The van der Waals surface area contributed by atoms with Gasteiger partial charge in [-0.05, 0) is 37.5 Å². The number of phenols is 1. The number of amides is 2. The van der Waals surface area contributed by atoms with Gasteiger partial charge in [0.1, 0.15) is 5.75 Å². The van der Waals surface area contributed by atoms with E-state index in [0.29, 0.717) is 18.7 Å². The fourth-order valence-electron chi connectivity index (χ4n) is 2.51. The molecule has 1 aliphatic heterocycles. The standard InChI is InChI=1S/C15H20N2O3/c1-10-3-4-13(14(19)9-10)15(20)17-7-5-12(6-8-17)16-11(2)18/h3-4,9,12,19H,5-8H2,1-2H3,(H,16,18). The summed E-state index contributed by atoms with van der Waals surface area (Å²) >= 11 is 0. The van der Waals surface area contributed by atoms with Gasteiger partial charge in [-0.1, -0.05) is 6.07 Å². The van der Waals surface area contributed by atoms with Crippen molar-refractivity contribution in [3.05, 3.63) is 29.3 Å². The van der Waals surface area contributed by atoms with E-state index < -0.39 is 0 Å². The maximum atomic E-state index is 12.3. The summed E-state index contributed by atoms with van der Waals surface area (Å²) in [4.78, 5) is 25.1. The Morgan fingerprint density at radius 3 is 2.50 bits per heavy atom. The number of benzene rings is 1. The number of hydrogen-bond acceptors (Lipinski definition) is 3. The molecule has 5 heteroatoms. The zero-order chi connectivity index (χ0) is 14.7. The molecule has 1 aromatic carbocycles. The van der Waals surface area contributed by atoms with E-state index in [2.05, 4.69) is 5.32 Å². The molecule has 0 atom stereocenters. The predicted octanol–water partition coefficient (Wildman–Crippen LogP) is 1.44. The van der Waals surface area contributed by atoms with Crippen molar-refractivity contribution in [1.29, 1.82) is 0 Å². The molecular weight excluding hydrogens is 256 g/mol. The average molecular weight is 276 g/mol. The van der Waals surface area contributed by atoms with Gasteiger partial charge in [0, 0.05) is 26.1 Å². The summed E-state index contributed by atoms with van der Waals surface area (Å²) in [5, 5.41) is 12.7. The molecule has 1 fully saturated rings. The lowest BCUT2D eigenvalue weighted by atomic mass is 10.0. The van der Waals surface area contributed by atoms with Crippen molar-refractivity contribution < 1.29 is 14.7 Å². The first-order chi connectivity index (χ1) is 9.47. The van der Waals surface area contributed by atoms with Gasteiger partial charge in [0.05, 0.1) is 5.56 Å². The third-order valence-corrected chi connectivity index (χ3v) is 3.57. The highest BCUT2D eigenvalue weighted by atomic mass is 16.3. The second kappa shape index (κ2) is 5.94. The van der Waals surface area contributed by atoms with Crippen molar-refractivity contribution in [3.8, 4) is 5.75 Å². The fraction of sp³-hybridized carbons (Fsp3) is 0.467. The molecule has 0 spiro atoms. The topological polar surface area (TPSA) is 69.6 Å². The summed E-state index contributed by atoms with van der Waals surface area (Å²) < 4.78 is 0. The van der Waals surface area contributed by atoms with Crippen LogP contribution in [-0.4, -0.2) is 41.0 Å². The smallest absolute Gasteiger partial charge is 0.257 e. The van der Waals surface area contributed by atoms with Crippen molar-refractivity contribution in [1.82, 2.24) is 10.2 Å². The second-order valence-corrected chi connectivity index (χ2v) is 5.29. The minimum atomic E-state index is -0.149. The Morgan fingerprint density at radius 2 is 1.95 bits per heavy atom. The first-order valence-corrected chi connectivity index (χ1v) is 6.83. The summed E-state index contributed by atoms with van der Waals surface area (Å²) in [7, 11) is 0. The van der Waals surface area contributed by atoms with Crippen LogP contribution in [0.2, 0.25) is 0 Å². The number of hydrogen-bond donors (Lipinski definition) is 2. The number of carbonyl (C=O) groups excluding carboxylic acids is 2. The average Bonchev–Trinajstić information content (AvgIpc) is 2.38.